The highest BCUT2D eigenvalue weighted by atomic mass is 16.7. The average Bonchev–Trinajstić information content (AvgIpc) is 3.27. The number of phenolic OH excluding ortho intramolecular Hbond substituents is 1. The first-order valence-electron chi connectivity index (χ1n) is 8.45. The Hall–Kier alpha value is -3.12. The van der Waals surface area contributed by atoms with Crippen LogP contribution in [0.5, 0.6) is 23.0 Å². The second kappa shape index (κ2) is 5.71. The maximum absolute atomic E-state index is 10.2. The van der Waals surface area contributed by atoms with Crippen molar-refractivity contribution >= 4 is 0 Å². The molecule has 3 aromatic rings. The molecule has 1 aromatic heterocycles. The molecule has 0 fully saturated rings. The first-order valence-corrected chi connectivity index (χ1v) is 8.45. The van der Waals surface area contributed by atoms with E-state index >= 15 is 0 Å². The number of hydrogen-bond donors (Lipinski definition) is 2. The Morgan fingerprint density at radius 3 is 2.81 bits per heavy atom. The van der Waals surface area contributed by atoms with E-state index < -0.39 is 0 Å². The fraction of sp³-hybridized carbons (Fsp3) is 0.200. The highest BCUT2D eigenvalue weighted by Crippen LogP contribution is 2.40. The molecule has 2 aliphatic rings. The minimum Gasteiger partial charge on any atom is -0.504 e. The van der Waals surface area contributed by atoms with Crippen LogP contribution in [0.3, 0.4) is 0 Å². The Morgan fingerprint density at radius 2 is 2.00 bits per heavy atom. The van der Waals surface area contributed by atoms with Crippen LogP contribution < -0.4 is 19.5 Å². The summed E-state index contributed by atoms with van der Waals surface area (Å²) in [6, 6.07) is 13.6. The lowest BCUT2D eigenvalue weighted by atomic mass is 10.0. The summed E-state index contributed by atoms with van der Waals surface area (Å²) in [6.07, 6.45) is 2.04. The molecular weight excluding hydrogens is 332 g/mol. The van der Waals surface area contributed by atoms with Gasteiger partial charge in [-0.25, -0.2) is 0 Å². The van der Waals surface area contributed by atoms with E-state index in [1.165, 1.54) is 0 Å². The first kappa shape index (κ1) is 15.2. The summed E-state index contributed by atoms with van der Waals surface area (Å²) in [5.41, 5.74) is 4.26. The van der Waals surface area contributed by atoms with Crippen LogP contribution >= 0.6 is 0 Å². The van der Waals surface area contributed by atoms with Crippen molar-refractivity contribution < 1.29 is 19.3 Å². The van der Waals surface area contributed by atoms with Gasteiger partial charge in [-0.05, 0) is 41.5 Å². The van der Waals surface area contributed by atoms with Crippen LogP contribution in [0.15, 0.2) is 48.7 Å². The summed E-state index contributed by atoms with van der Waals surface area (Å²) in [5, 5.41) is 13.8. The number of rotatable bonds is 2. The molecule has 0 bridgehead atoms. The van der Waals surface area contributed by atoms with Gasteiger partial charge in [-0.3, -0.25) is 0 Å². The summed E-state index contributed by atoms with van der Waals surface area (Å²) in [6.45, 7) is 0.934. The lowest BCUT2D eigenvalue weighted by Gasteiger charge is -2.19. The monoisotopic (exact) mass is 350 g/mol. The number of phenols is 1. The lowest BCUT2D eigenvalue weighted by molar-refractivity contribution is 0.174. The van der Waals surface area contributed by atoms with Crippen LogP contribution in [0, 0.1) is 0 Å². The lowest BCUT2D eigenvalue weighted by Crippen LogP contribution is -2.21. The smallest absolute Gasteiger partial charge is 0.231 e. The van der Waals surface area contributed by atoms with Crippen LogP contribution in [0.2, 0.25) is 0 Å². The minimum atomic E-state index is -0.0640. The van der Waals surface area contributed by atoms with Gasteiger partial charge in [0, 0.05) is 24.5 Å². The molecule has 3 heterocycles. The summed E-state index contributed by atoms with van der Waals surface area (Å²) in [4.78, 5) is 0. The Balaban J connectivity index is 1.62. The SMILES string of the molecule is COc1ccc([C@H]2NCc3cc4c(cc3-n3cccc32)OCO4)cc1O. The van der Waals surface area contributed by atoms with E-state index in [2.05, 4.69) is 16.0 Å². The van der Waals surface area contributed by atoms with E-state index in [1.807, 2.05) is 30.5 Å². The number of hydrogen-bond acceptors (Lipinski definition) is 5. The zero-order valence-corrected chi connectivity index (χ0v) is 14.2. The van der Waals surface area contributed by atoms with Crippen LogP contribution in [0.4, 0.5) is 0 Å². The normalized spacial score (nSPS) is 17.3. The number of aromatic nitrogens is 1. The van der Waals surface area contributed by atoms with Gasteiger partial charge < -0.3 is 29.2 Å². The molecule has 26 heavy (non-hydrogen) atoms. The van der Waals surface area contributed by atoms with Crippen molar-refractivity contribution in [1.82, 2.24) is 9.88 Å². The van der Waals surface area contributed by atoms with Crippen LogP contribution in [0.1, 0.15) is 22.9 Å². The Morgan fingerprint density at radius 1 is 1.15 bits per heavy atom. The minimum absolute atomic E-state index is 0.0640. The van der Waals surface area contributed by atoms with Crippen LogP contribution in [0.25, 0.3) is 5.69 Å². The van der Waals surface area contributed by atoms with E-state index in [0.29, 0.717) is 12.3 Å². The van der Waals surface area contributed by atoms with Gasteiger partial charge in [0.15, 0.2) is 23.0 Å². The third-order valence-corrected chi connectivity index (χ3v) is 4.94. The molecule has 0 radical (unpaired) electrons. The van der Waals surface area contributed by atoms with Gasteiger partial charge in [0.2, 0.25) is 6.79 Å². The summed E-state index contributed by atoms with van der Waals surface area (Å²) >= 11 is 0. The topological polar surface area (TPSA) is 64.9 Å². The second-order valence-electron chi connectivity index (χ2n) is 6.38. The molecule has 0 spiro atoms. The molecule has 0 saturated carbocycles. The molecule has 0 amide bonds. The number of fused-ring (bicyclic) bond motifs is 4. The third kappa shape index (κ3) is 2.23. The molecule has 0 aliphatic carbocycles. The first-order chi connectivity index (χ1) is 12.7. The molecular formula is C20H18N2O4. The summed E-state index contributed by atoms with van der Waals surface area (Å²) in [7, 11) is 1.55. The van der Waals surface area contributed by atoms with Gasteiger partial charge in [0.25, 0.3) is 0 Å². The molecule has 5 rings (SSSR count). The fourth-order valence-electron chi connectivity index (χ4n) is 3.68. The van der Waals surface area contributed by atoms with Crippen molar-refractivity contribution in [1.29, 1.82) is 0 Å². The number of aromatic hydroxyl groups is 1. The van der Waals surface area contributed by atoms with E-state index in [0.717, 1.165) is 34.0 Å². The number of benzene rings is 2. The van der Waals surface area contributed by atoms with Crippen molar-refractivity contribution in [2.45, 2.75) is 12.6 Å². The summed E-state index contributed by atoms with van der Waals surface area (Å²) in [5.74, 6) is 2.14. The van der Waals surface area contributed by atoms with Crippen molar-refractivity contribution in [3.05, 3.63) is 65.5 Å². The van der Waals surface area contributed by atoms with E-state index in [-0.39, 0.29) is 18.6 Å². The number of ether oxygens (including phenoxy) is 3. The Labute approximate surface area is 150 Å². The fourth-order valence-corrected chi connectivity index (χ4v) is 3.68. The van der Waals surface area contributed by atoms with Gasteiger partial charge >= 0.3 is 0 Å². The van der Waals surface area contributed by atoms with Crippen molar-refractivity contribution in [2.24, 2.45) is 0 Å². The molecule has 0 saturated heterocycles. The predicted octanol–water partition coefficient (Wildman–Crippen LogP) is 3.11. The average molecular weight is 350 g/mol. The molecule has 2 aromatic carbocycles. The third-order valence-electron chi connectivity index (χ3n) is 4.94. The molecule has 2 N–H and O–H groups in total. The highest BCUT2D eigenvalue weighted by Gasteiger charge is 2.26. The van der Waals surface area contributed by atoms with Gasteiger partial charge in [0.05, 0.1) is 18.8 Å². The molecule has 2 aliphatic heterocycles. The largest absolute Gasteiger partial charge is 0.504 e. The van der Waals surface area contributed by atoms with Crippen LogP contribution in [-0.2, 0) is 6.54 Å². The van der Waals surface area contributed by atoms with Gasteiger partial charge in [-0.15, -0.1) is 0 Å². The number of methoxy groups -OCH3 is 1. The van der Waals surface area contributed by atoms with Crippen molar-refractivity contribution in [3.63, 3.8) is 0 Å². The Kier molecular flexibility index (Phi) is 3.33. The number of nitrogens with one attached hydrogen (secondary N) is 1. The molecule has 6 heteroatoms. The number of nitrogens with zero attached hydrogens (tertiary/aromatic N) is 1. The maximum Gasteiger partial charge on any atom is 0.231 e. The quantitative estimate of drug-likeness (QED) is 0.743. The highest BCUT2D eigenvalue weighted by molar-refractivity contribution is 5.57. The predicted molar refractivity (Wildman–Crippen MR) is 95.2 cm³/mol. The van der Waals surface area contributed by atoms with Gasteiger partial charge in [-0.2, -0.15) is 0 Å². The Bertz CT molecular complexity index is 995. The standard InChI is InChI=1S/C20H18N2O4/c1-24-17-5-4-12(7-16(17)23)20-14-3-2-6-22(14)15-9-19-18(25-11-26-19)8-13(15)10-21-20/h2-9,20-21,23H,10-11H2,1H3/t20-/m1/s1. The van der Waals surface area contributed by atoms with Crippen molar-refractivity contribution in [3.8, 4) is 28.7 Å². The maximum atomic E-state index is 10.2. The molecule has 132 valence electrons. The zero-order valence-electron chi connectivity index (χ0n) is 14.2. The molecule has 0 unspecified atom stereocenters. The summed E-state index contributed by atoms with van der Waals surface area (Å²) < 4.78 is 18.4. The van der Waals surface area contributed by atoms with Crippen LogP contribution in [-0.4, -0.2) is 23.6 Å². The van der Waals surface area contributed by atoms with Gasteiger partial charge in [0.1, 0.15) is 0 Å². The van der Waals surface area contributed by atoms with Gasteiger partial charge in [-0.1, -0.05) is 6.07 Å². The zero-order chi connectivity index (χ0) is 17.7. The van der Waals surface area contributed by atoms with E-state index in [1.54, 1.807) is 19.2 Å². The second-order valence-corrected chi connectivity index (χ2v) is 6.38. The van der Waals surface area contributed by atoms with E-state index in [9.17, 15) is 5.11 Å². The van der Waals surface area contributed by atoms with E-state index in [4.69, 9.17) is 14.2 Å². The molecule has 6 nitrogen and oxygen atoms in total. The molecule has 1 atom stereocenters. The van der Waals surface area contributed by atoms with Crippen molar-refractivity contribution in [2.75, 3.05) is 13.9 Å².